The lowest BCUT2D eigenvalue weighted by Crippen LogP contribution is -2.43. The van der Waals surface area contributed by atoms with E-state index in [-0.39, 0.29) is 24.2 Å². The molecule has 1 amide bonds. The van der Waals surface area contributed by atoms with Gasteiger partial charge in [0, 0.05) is 44.8 Å². The third-order valence-electron chi connectivity index (χ3n) is 5.02. The van der Waals surface area contributed by atoms with E-state index in [2.05, 4.69) is 22.2 Å². The number of likely N-dealkylation sites (tertiary alicyclic amines) is 1. The molecule has 22 heavy (non-hydrogen) atoms. The monoisotopic (exact) mass is 326 g/mol. The van der Waals surface area contributed by atoms with Crippen molar-refractivity contribution in [2.75, 3.05) is 19.6 Å². The second-order valence-corrected chi connectivity index (χ2v) is 6.55. The molecule has 2 fully saturated rings. The summed E-state index contributed by atoms with van der Waals surface area (Å²) < 4.78 is 1.82. The van der Waals surface area contributed by atoms with E-state index < -0.39 is 0 Å². The molecule has 5 nitrogen and oxygen atoms in total. The number of aryl methyl sites for hydroxylation is 1. The fourth-order valence-corrected chi connectivity index (χ4v) is 3.74. The van der Waals surface area contributed by atoms with E-state index in [0.29, 0.717) is 11.9 Å². The maximum Gasteiger partial charge on any atom is 0.227 e. The number of aromatic nitrogens is 2. The van der Waals surface area contributed by atoms with Crippen molar-refractivity contribution in [1.82, 2.24) is 20.0 Å². The molecule has 6 heteroatoms. The van der Waals surface area contributed by atoms with Gasteiger partial charge in [0.2, 0.25) is 5.91 Å². The van der Waals surface area contributed by atoms with Crippen LogP contribution in [-0.4, -0.2) is 46.3 Å². The zero-order chi connectivity index (χ0) is 14.8. The Kier molecular flexibility index (Phi) is 5.87. The molecule has 1 aromatic heterocycles. The van der Waals surface area contributed by atoms with Crippen LogP contribution in [0.2, 0.25) is 0 Å². The van der Waals surface area contributed by atoms with E-state index >= 15 is 0 Å². The molecule has 0 aromatic carbocycles. The largest absolute Gasteiger partial charge is 0.340 e. The number of hydrogen-bond acceptors (Lipinski definition) is 3. The van der Waals surface area contributed by atoms with Gasteiger partial charge in [-0.15, -0.1) is 12.4 Å². The molecule has 1 unspecified atom stereocenters. The van der Waals surface area contributed by atoms with Crippen LogP contribution < -0.4 is 5.32 Å². The number of carbonyl (C=O) groups excluding carboxylic acids is 1. The Morgan fingerprint density at radius 1 is 1.32 bits per heavy atom. The average Bonchev–Trinajstić information content (AvgIpc) is 3.05. The van der Waals surface area contributed by atoms with Gasteiger partial charge in [-0.2, -0.15) is 5.10 Å². The third kappa shape index (κ3) is 3.46. The van der Waals surface area contributed by atoms with Crippen molar-refractivity contribution in [3.05, 3.63) is 18.0 Å². The van der Waals surface area contributed by atoms with Crippen LogP contribution >= 0.6 is 12.4 Å². The highest BCUT2D eigenvalue weighted by Gasteiger charge is 2.38. The summed E-state index contributed by atoms with van der Waals surface area (Å²) in [6.45, 7) is 4.80. The van der Waals surface area contributed by atoms with Crippen LogP contribution in [0.5, 0.6) is 0 Å². The number of halogens is 1. The van der Waals surface area contributed by atoms with Crippen molar-refractivity contribution in [3.63, 3.8) is 0 Å². The normalized spacial score (nSPS) is 29.0. The molecule has 0 saturated carbocycles. The molecule has 0 spiro atoms. The summed E-state index contributed by atoms with van der Waals surface area (Å²) in [7, 11) is 1.93. The topological polar surface area (TPSA) is 50.2 Å². The maximum atomic E-state index is 13.0. The van der Waals surface area contributed by atoms with Gasteiger partial charge < -0.3 is 10.2 Å². The minimum absolute atomic E-state index is 0. The lowest BCUT2D eigenvalue weighted by atomic mass is 9.89. The maximum absolute atomic E-state index is 13.0. The summed E-state index contributed by atoms with van der Waals surface area (Å²) in [5.74, 6) is 0.666. The Hall–Kier alpha value is -1.07. The first-order valence-electron chi connectivity index (χ1n) is 8.16. The highest BCUT2D eigenvalue weighted by molar-refractivity contribution is 5.85. The minimum Gasteiger partial charge on any atom is -0.340 e. The van der Waals surface area contributed by atoms with Gasteiger partial charge in [-0.3, -0.25) is 9.48 Å². The number of amides is 1. The Balaban J connectivity index is 0.00000176. The Bertz CT molecular complexity index is 504. The van der Waals surface area contributed by atoms with Crippen molar-refractivity contribution >= 4 is 18.3 Å². The summed E-state index contributed by atoms with van der Waals surface area (Å²) in [5.41, 5.74) is 1.18. The van der Waals surface area contributed by atoms with Crippen molar-refractivity contribution in [1.29, 1.82) is 0 Å². The zero-order valence-corrected chi connectivity index (χ0v) is 14.3. The average molecular weight is 327 g/mol. The smallest absolute Gasteiger partial charge is 0.227 e. The molecule has 1 aromatic rings. The van der Waals surface area contributed by atoms with Crippen molar-refractivity contribution in [2.45, 2.75) is 44.6 Å². The van der Waals surface area contributed by atoms with Gasteiger partial charge >= 0.3 is 0 Å². The molecule has 2 aliphatic rings. The van der Waals surface area contributed by atoms with Crippen molar-refractivity contribution < 1.29 is 4.79 Å². The lowest BCUT2D eigenvalue weighted by molar-refractivity contribution is -0.137. The molecule has 0 radical (unpaired) electrons. The van der Waals surface area contributed by atoms with E-state index in [1.54, 1.807) is 0 Å². The highest BCUT2D eigenvalue weighted by Crippen LogP contribution is 2.31. The van der Waals surface area contributed by atoms with E-state index in [4.69, 9.17) is 0 Å². The Morgan fingerprint density at radius 2 is 2.14 bits per heavy atom. The Morgan fingerprint density at radius 3 is 2.86 bits per heavy atom. The molecular weight excluding hydrogens is 300 g/mol. The predicted octanol–water partition coefficient (Wildman–Crippen LogP) is 1.94. The van der Waals surface area contributed by atoms with Gasteiger partial charge in [-0.05, 0) is 25.3 Å². The molecule has 0 aliphatic carbocycles. The molecule has 124 valence electrons. The zero-order valence-electron chi connectivity index (χ0n) is 13.5. The number of nitrogens with one attached hydrogen (secondary N) is 1. The van der Waals surface area contributed by atoms with Crippen LogP contribution in [0.4, 0.5) is 0 Å². The summed E-state index contributed by atoms with van der Waals surface area (Å²) in [6.07, 6.45) is 8.74. The second-order valence-electron chi connectivity index (χ2n) is 6.55. The Labute approximate surface area is 138 Å². The van der Waals surface area contributed by atoms with E-state index in [0.717, 1.165) is 32.5 Å². The molecule has 0 bridgehead atoms. The van der Waals surface area contributed by atoms with Gasteiger partial charge in [-0.25, -0.2) is 0 Å². The van der Waals surface area contributed by atoms with Gasteiger partial charge in [0.1, 0.15) is 0 Å². The molecule has 3 heterocycles. The fraction of sp³-hybridized carbons (Fsp3) is 0.750. The molecular formula is C16H27ClN4O. The van der Waals surface area contributed by atoms with Crippen LogP contribution in [0.3, 0.4) is 0 Å². The standard InChI is InChI=1S/C16H26N4O.ClH/c1-12-6-4-3-5-7-20(12)16(21)15-10-17-9-14(15)13-8-18-19(2)11-13;/h8,11-12,14-15,17H,3-7,9-10H2,1-2H3;1H/t12?,14-,15+;/m1./s1. The number of rotatable bonds is 2. The first kappa shape index (κ1) is 17.3. The minimum atomic E-state index is 0. The second kappa shape index (κ2) is 7.47. The van der Waals surface area contributed by atoms with Crippen LogP contribution in [0.1, 0.15) is 44.1 Å². The predicted molar refractivity (Wildman–Crippen MR) is 89.2 cm³/mol. The summed E-state index contributed by atoms with van der Waals surface area (Å²) in [5, 5.41) is 7.66. The van der Waals surface area contributed by atoms with Crippen LogP contribution in [0, 0.1) is 5.92 Å². The molecule has 3 atom stereocenters. The van der Waals surface area contributed by atoms with Crippen molar-refractivity contribution in [3.8, 4) is 0 Å². The fourth-order valence-electron chi connectivity index (χ4n) is 3.74. The number of carbonyl (C=O) groups is 1. The van der Waals surface area contributed by atoms with Crippen molar-refractivity contribution in [2.24, 2.45) is 13.0 Å². The third-order valence-corrected chi connectivity index (χ3v) is 5.02. The SMILES string of the molecule is CC1CCCCCN1C(=O)[C@H]1CNC[C@@H]1c1cnn(C)c1.Cl. The first-order valence-corrected chi connectivity index (χ1v) is 8.16. The summed E-state index contributed by atoms with van der Waals surface area (Å²) >= 11 is 0. The van der Waals surface area contributed by atoms with E-state index in [1.807, 2.05) is 24.1 Å². The van der Waals surface area contributed by atoms with Gasteiger partial charge in [-0.1, -0.05) is 12.8 Å². The molecule has 1 N–H and O–H groups in total. The van der Waals surface area contributed by atoms with Gasteiger partial charge in [0.25, 0.3) is 0 Å². The van der Waals surface area contributed by atoms with Gasteiger partial charge in [0.05, 0.1) is 12.1 Å². The van der Waals surface area contributed by atoms with Gasteiger partial charge in [0.15, 0.2) is 0 Å². The lowest BCUT2D eigenvalue weighted by Gasteiger charge is -2.31. The van der Waals surface area contributed by atoms with Crippen LogP contribution in [0.25, 0.3) is 0 Å². The molecule has 2 aliphatic heterocycles. The number of nitrogens with zero attached hydrogens (tertiary/aromatic N) is 3. The van der Waals surface area contributed by atoms with Crippen LogP contribution in [0.15, 0.2) is 12.4 Å². The van der Waals surface area contributed by atoms with E-state index in [1.165, 1.54) is 18.4 Å². The number of hydrogen-bond donors (Lipinski definition) is 1. The van der Waals surface area contributed by atoms with Crippen LogP contribution in [-0.2, 0) is 11.8 Å². The summed E-state index contributed by atoms with van der Waals surface area (Å²) in [6, 6.07) is 0.384. The highest BCUT2D eigenvalue weighted by atomic mass is 35.5. The van der Waals surface area contributed by atoms with E-state index in [9.17, 15) is 4.79 Å². The first-order chi connectivity index (χ1) is 10.2. The molecule has 2 saturated heterocycles. The quantitative estimate of drug-likeness (QED) is 0.903. The molecule has 3 rings (SSSR count). The summed E-state index contributed by atoms with van der Waals surface area (Å²) in [4.78, 5) is 15.1.